The van der Waals surface area contributed by atoms with E-state index in [9.17, 15) is 4.79 Å². The summed E-state index contributed by atoms with van der Waals surface area (Å²) in [5.41, 5.74) is 6.29. The molecule has 2 aromatic rings. The van der Waals surface area contributed by atoms with E-state index in [2.05, 4.69) is 37.9 Å². The van der Waals surface area contributed by atoms with E-state index in [-0.39, 0.29) is 0 Å². The first-order valence-electron chi connectivity index (χ1n) is 7.46. The minimum Gasteiger partial charge on any atom is -0.489 e. The Bertz CT molecular complexity index is 728. The van der Waals surface area contributed by atoms with Crippen LogP contribution in [0, 0.1) is 20.8 Å². The summed E-state index contributed by atoms with van der Waals surface area (Å²) in [7, 11) is 0. The summed E-state index contributed by atoms with van der Waals surface area (Å²) in [6, 6.07) is 9.94. The molecule has 2 aromatic carbocycles. The zero-order valence-corrected chi connectivity index (χ0v) is 13.6. The fourth-order valence-corrected chi connectivity index (χ4v) is 2.51. The van der Waals surface area contributed by atoms with Crippen molar-refractivity contribution in [1.82, 2.24) is 0 Å². The van der Waals surface area contributed by atoms with Crippen molar-refractivity contribution in [3.05, 3.63) is 58.1 Å². The fraction of sp³-hybridized carbons (Fsp3) is 0.316. The van der Waals surface area contributed by atoms with Gasteiger partial charge in [-0.3, -0.25) is 0 Å². The molecule has 2 rings (SSSR count). The maximum atomic E-state index is 10.6. The van der Waals surface area contributed by atoms with Crippen LogP contribution in [0.1, 0.15) is 34.7 Å². The average molecular weight is 295 g/mol. The standard InChI is InChI=1S/C19H21NO2/c1-5-16-7-6-8-18(20-12-21)17(16)11-22-19-10-14(3)13(2)9-15(19)4/h6-10H,5,11H2,1-4H3. The molecule has 0 unspecified atom stereocenters. The third-order valence-corrected chi connectivity index (χ3v) is 3.96. The number of nitrogens with zero attached hydrogens (tertiary/aromatic N) is 1. The van der Waals surface area contributed by atoms with Crippen molar-refractivity contribution < 1.29 is 9.53 Å². The molecule has 3 nitrogen and oxygen atoms in total. The van der Waals surface area contributed by atoms with Gasteiger partial charge in [0.15, 0.2) is 0 Å². The van der Waals surface area contributed by atoms with E-state index in [0.717, 1.165) is 28.9 Å². The molecule has 0 aromatic heterocycles. The number of benzene rings is 2. The molecule has 0 aliphatic rings. The molecule has 0 aliphatic carbocycles. The van der Waals surface area contributed by atoms with Crippen LogP contribution >= 0.6 is 0 Å². The van der Waals surface area contributed by atoms with Crippen molar-refractivity contribution in [2.75, 3.05) is 0 Å². The molecule has 0 spiro atoms. The van der Waals surface area contributed by atoms with Crippen molar-refractivity contribution in [3.63, 3.8) is 0 Å². The highest BCUT2D eigenvalue weighted by Crippen LogP contribution is 2.27. The lowest BCUT2D eigenvalue weighted by atomic mass is 10.0. The Labute approximate surface area is 131 Å². The van der Waals surface area contributed by atoms with Crippen LogP contribution in [0.2, 0.25) is 0 Å². The van der Waals surface area contributed by atoms with E-state index in [0.29, 0.717) is 12.3 Å². The number of rotatable bonds is 5. The van der Waals surface area contributed by atoms with Gasteiger partial charge in [-0.15, -0.1) is 0 Å². The van der Waals surface area contributed by atoms with Crippen molar-refractivity contribution in [1.29, 1.82) is 0 Å². The molecule has 3 heteroatoms. The highest BCUT2D eigenvalue weighted by molar-refractivity contribution is 5.56. The van der Waals surface area contributed by atoms with Crippen LogP contribution in [0.25, 0.3) is 0 Å². The predicted octanol–water partition coefficient (Wildman–Crippen LogP) is 4.72. The first-order chi connectivity index (χ1) is 10.6. The third kappa shape index (κ3) is 3.44. The Hall–Kier alpha value is -2.38. The van der Waals surface area contributed by atoms with Crippen molar-refractivity contribution >= 4 is 11.8 Å². The lowest BCUT2D eigenvalue weighted by molar-refractivity contribution is 0.303. The summed E-state index contributed by atoms with van der Waals surface area (Å²) in [5.74, 6) is 0.870. The van der Waals surface area contributed by atoms with Crippen LogP contribution in [-0.4, -0.2) is 6.08 Å². The molecular weight excluding hydrogens is 274 g/mol. The highest BCUT2D eigenvalue weighted by Gasteiger charge is 2.09. The molecule has 114 valence electrons. The number of hydrogen-bond donors (Lipinski definition) is 0. The Kier molecular flexibility index (Phi) is 5.13. The number of aryl methyl sites for hydroxylation is 4. The summed E-state index contributed by atoms with van der Waals surface area (Å²) >= 11 is 0. The minimum absolute atomic E-state index is 0.397. The van der Waals surface area contributed by atoms with Gasteiger partial charge < -0.3 is 4.74 Å². The normalized spacial score (nSPS) is 10.2. The van der Waals surface area contributed by atoms with Crippen LogP contribution in [0.4, 0.5) is 5.69 Å². The Morgan fingerprint density at radius 1 is 1.09 bits per heavy atom. The lowest BCUT2D eigenvalue weighted by Crippen LogP contribution is -2.02. The molecule has 0 saturated heterocycles. The van der Waals surface area contributed by atoms with Gasteiger partial charge in [0, 0.05) is 5.56 Å². The number of ether oxygens (including phenoxy) is 1. The summed E-state index contributed by atoms with van der Waals surface area (Å²) in [4.78, 5) is 14.4. The average Bonchev–Trinajstić information content (AvgIpc) is 2.50. The fourth-order valence-electron chi connectivity index (χ4n) is 2.51. The van der Waals surface area contributed by atoms with Gasteiger partial charge in [0.2, 0.25) is 6.08 Å². The number of aliphatic imine (C=N–C) groups is 1. The van der Waals surface area contributed by atoms with Gasteiger partial charge in [-0.2, -0.15) is 4.99 Å². The van der Waals surface area contributed by atoms with Crippen LogP contribution in [0.5, 0.6) is 5.75 Å². The van der Waals surface area contributed by atoms with Crippen molar-refractivity contribution in [3.8, 4) is 5.75 Å². The van der Waals surface area contributed by atoms with E-state index >= 15 is 0 Å². The second-order valence-corrected chi connectivity index (χ2v) is 5.46. The molecule has 0 atom stereocenters. The van der Waals surface area contributed by atoms with E-state index in [1.165, 1.54) is 11.1 Å². The van der Waals surface area contributed by atoms with E-state index in [1.807, 2.05) is 25.1 Å². The zero-order valence-electron chi connectivity index (χ0n) is 13.6. The third-order valence-electron chi connectivity index (χ3n) is 3.96. The van der Waals surface area contributed by atoms with Crippen LogP contribution in [0.3, 0.4) is 0 Å². The Morgan fingerprint density at radius 3 is 2.50 bits per heavy atom. The molecule has 22 heavy (non-hydrogen) atoms. The molecule has 0 saturated carbocycles. The summed E-state index contributed by atoms with van der Waals surface area (Å²) in [5, 5.41) is 0. The Morgan fingerprint density at radius 2 is 1.82 bits per heavy atom. The van der Waals surface area contributed by atoms with Gasteiger partial charge >= 0.3 is 0 Å². The monoisotopic (exact) mass is 295 g/mol. The van der Waals surface area contributed by atoms with Crippen LogP contribution in [0.15, 0.2) is 35.3 Å². The quantitative estimate of drug-likeness (QED) is 0.591. The van der Waals surface area contributed by atoms with E-state index < -0.39 is 0 Å². The number of carbonyl (C=O) groups excluding carboxylic acids is 1. The summed E-state index contributed by atoms with van der Waals surface area (Å²) < 4.78 is 6.00. The highest BCUT2D eigenvalue weighted by atomic mass is 16.5. The molecule has 0 aliphatic heterocycles. The van der Waals surface area contributed by atoms with Gasteiger partial charge in [-0.1, -0.05) is 25.1 Å². The van der Waals surface area contributed by atoms with E-state index in [4.69, 9.17) is 4.74 Å². The molecule has 0 amide bonds. The van der Waals surface area contributed by atoms with E-state index in [1.54, 1.807) is 6.08 Å². The smallest absolute Gasteiger partial charge is 0.240 e. The maximum Gasteiger partial charge on any atom is 0.240 e. The number of hydrogen-bond acceptors (Lipinski definition) is 3. The first kappa shape index (κ1) is 16.0. The molecule has 0 fully saturated rings. The maximum absolute atomic E-state index is 10.6. The second kappa shape index (κ2) is 7.06. The van der Waals surface area contributed by atoms with Crippen molar-refractivity contribution in [2.24, 2.45) is 4.99 Å². The topological polar surface area (TPSA) is 38.7 Å². The predicted molar refractivity (Wildman–Crippen MR) is 88.6 cm³/mol. The largest absolute Gasteiger partial charge is 0.489 e. The van der Waals surface area contributed by atoms with Crippen LogP contribution in [-0.2, 0) is 17.8 Å². The zero-order chi connectivity index (χ0) is 16.1. The van der Waals surface area contributed by atoms with Gasteiger partial charge in [-0.25, -0.2) is 4.79 Å². The molecule has 0 heterocycles. The summed E-state index contributed by atoms with van der Waals surface area (Å²) in [6.45, 7) is 8.68. The second-order valence-electron chi connectivity index (χ2n) is 5.46. The van der Waals surface area contributed by atoms with Crippen molar-refractivity contribution in [2.45, 2.75) is 40.7 Å². The molecule has 0 radical (unpaired) electrons. The lowest BCUT2D eigenvalue weighted by Gasteiger charge is -2.15. The van der Waals surface area contributed by atoms with Crippen LogP contribution < -0.4 is 4.74 Å². The molecule has 0 N–H and O–H groups in total. The first-order valence-corrected chi connectivity index (χ1v) is 7.46. The SMILES string of the molecule is CCc1cccc(N=C=O)c1COc1cc(C)c(C)cc1C. The minimum atomic E-state index is 0.397. The van der Waals surface area contributed by atoms with Gasteiger partial charge in [0.1, 0.15) is 12.4 Å². The summed E-state index contributed by atoms with van der Waals surface area (Å²) in [6.07, 6.45) is 2.49. The van der Waals surface area contributed by atoms with Gasteiger partial charge in [-0.05, 0) is 61.6 Å². The molecule has 0 bridgehead atoms. The Balaban J connectivity index is 2.32. The number of isocyanates is 1. The van der Waals surface area contributed by atoms with Gasteiger partial charge in [0.25, 0.3) is 0 Å². The molecular formula is C19H21NO2. The van der Waals surface area contributed by atoms with Gasteiger partial charge in [0.05, 0.1) is 5.69 Å².